The van der Waals surface area contributed by atoms with E-state index in [0.29, 0.717) is 43.2 Å². The number of hydrogen-bond acceptors (Lipinski definition) is 7. The van der Waals surface area contributed by atoms with Gasteiger partial charge in [0.15, 0.2) is 0 Å². The van der Waals surface area contributed by atoms with Crippen molar-refractivity contribution >= 4 is 33.2 Å². The van der Waals surface area contributed by atoms with E-state index in [-0.39, 0.29) is 23.3 Å². The molecule has 3 aliphatic rings. The Labute approximate surface area is 277 Å². The summed E-state index contributed by atoms with van der Waals surface area (Å²) in [6.45, 7) is 5.29. The zero-order chi connectivity index (χ0) is 32.5. The summed E-state index contributed by atoms with van der Waals surface area (Å²) in [6, 6.07) is 14.9. The summed E-state index contributed by atoms with van der Waals surface area (Å²) in [5.41, 5.74) is 2.98. The Bertz CT molecular complexity index is 1670. The number of carbonyl (C=O) groups excluding carboxylic acids is 1. The van der Waals surface area contributed by atoms with E-state index in [2.05, 4.69) is 14.6 Å². The van der Waals surface area contributed by atoms with E-state index in [1.54, 1.807) is 37.5 Å². The Balaban J connectivity index is 1.42. The molecular weight excluding hydrogens is 622 g/mol. The number of anilines is 1. The van der Waals surface area contributed by atoms with Gasteiger partial charge in [0, 0.05) is 41.6 Å². The van der Waals surface area contributed by atoms with Crippen LogP contribution in [0.15, 0.2) is 60.9 Å². The monoisotopic (exact) mass is 665 g/mol. The number of rotatable bonds is 1. The van der Waals surface area contributed by atoms with Crippen molar-refractivity contribution in [2.75, 3.05) is 18.0 Å². The third-order valence-electron chi connectivity index (χ3n) is 10.6. The molecule has 2 aromatic carbocycles. The van der Waals surface area contributed by atoms with Crippen molar-refractivity contribution in [3.63, 3.8) is 0 Å². The fraction of sp³-hybridized carbons (Fsp3) is 0.500. The molecule has 0 unspecified atom stereocenters. The second-order valence-corrected chi connectivity index (χ2v) is 15.9. The van der Waals surface area contributed by atoms with E-state index < -0.39 is 26.8 Å². The third-order valence-corrected chi connectivity index (χ3v) is 12.8. The summed E-state index contributed by atoms with van der Waals surface area (Å²) >= 11 is 6.35. The van der Waals surface area contributed by atoms with E-state index in [9.17, 15) is 18.3 Å². The molecule has 2 bridgehead atoms. The Morgan fingerprint density at radius 1 is 1.04 bits per heavy atom. The summed E-state index contributed by atoms with van der Waals surface area (Å²) in [5, 5.41) is 12.4. The molecule has 5 atom stereocenters. The summed E-state index contributed by atoms with van der Waals surface area (Å²) in [4.78, 5) is 20.1. The number of nitrogens with one attached hydrogen (secondary N) is 1. The van der Waals surface area contributed by atoms with Crippen molar-refractivity contribution in [1.82, 2.24) is 9.71 Å². The number of pyridine rings is 1. The van der Waals surface area contributed by atoms with Gasteiger partial charge in [-0.3, -0.25) is 9.78 Å². The van der Waals surface area contributed by atoms with Crippen molar-refractivity contribution in [2.24, 2.45) is 17.8 Å². The van der Waals surface area contributed by atoms with Gasteiger partial charge in [-0.1, -0.05) is 30.7 Å². The van der Waals surface area contributed by atoms with Crippen LogP contribution in [0.5, 0.6) is 5.75 Å². The van der Waals surface area contributed by atoms with Gasteiger partial charge in [0.1, 0.15) is 12.4 Å². The second-order valence-electron chi connectivity index (χ2n) is 13.4. The number of nitrogens with zero attached hydrogens (tertiary/aromatic N) is 2. The zero-order valence-corrected chi connectivity index (χ0v) is 28.2. The van der Waals surface area contributed by atoms with Gasteiger partial charge in [-0.05, 0) is 124 Å². The number of benzene rings is 2. The zero-order valence-electron chi connectivity index (χ0n) is 26.6. The maximum Gasteiger partial charge on any atom is 0.264 e. The average molecular weight is 666 g/mol. The van der Waals surface area contributed by atoms with Crippen LogP contribution in [0, 0.1) is 17.8 Å². The molecule has 8 nitrogen and oxygen atoms in total. The fourth-order valence-corrected chi connectivity index (χ4v) is 8.96. The van der Waals surface area contributed by atoms with Gasteiger partial charge in [0.25, 0.3) is 5.91 Å². The first kappa shape index (κ1) is 32.8. The molecule has 2 aliphatic heterocycles. The van der Waals surface area contributed by atoms with E-state index in [0.717, 1.165) is 61.0 Å². The van der Waals surface area contributed by atoms with Crippen LogP contribution in [0.3, 0.4) is 0 Å². The van der Waals surface area contributed by atoms with E-state index in [1.807, 2.05) is 37.3 Å². The van der Waals surface area contributed by atoms with Gasteiger partial charge in [0.05, 0.1) is 16.5 Å². The Morgan fingerprint density at radius 2 is 1.89 bits per heavy atom. The highest BCUT2D eigenvalue weighted by Crippen LogP contribution is 2.50. The highest BCUT2D eigenvalue weighted by molar-refractivity contribution is 7.90. The van der Waals surface area contributed by atoms with Crippen LogP contribution in [0.4, 0.5) is 5.69 Å². The number of ether oxygens (including phenoxy) is 1. The molecule has 3 heterocycles. The first-order chi connectivity index (χ1) is 22.0. The van der Waals surface area contributed by atoms with E-state index >= 15 is 0 Å². The van der Waals surface area contributed by atoms with E-state index in [1.165, 1.54) is 0 Å². The summed E-state index contributed by atoms with van der Waals surface area (Å²) in [6.07, 6.45) is 9.84. The largest absolute Gasteiger partial charge is 0.487 e. The van der Waals surface area contributed by atoms with Crippen LogP contribution < -0.4 is 14.4 Å². The molecule has 1 aromatic heterocycles. The van der Waals surface area contributed by atoms with Gasteiger partial charge in [-0.15, -0.1) is 0 Å². The predicted molar refractivity (Wildman–Crippen MR) is 181 cm³/mol. The number of aromatic nitrogens is 1. The van der Waals surface area contributed by atoms with Crippen LogP contribution in [0.25, 0.3) is 0 Å². The topological polar surface area (TPSA) is 109 Å². The van der Waals surface area contributed by atoms with Crippen molar-refractivity contribution in [2.45, 2.75) is 82.7 Å². The number of aliphatic hydroxyl groups is 1. The lowest BCUT2D eigenvalue weighted by Crippen LogP contribution is -2.49. The maximum atomic E-state index is 13.5. The van der Waals surface area contributed by atoms with Crippen LogP contribution in [-0.4, -0.2) is 42.8 Å². The number of carbonyl (C=O) groups is 1. The van der Waals surface area contributed by atoms with Crippen molar-refractivity contribution in [3.8, 4) is 5.75 Å². The molecule has 3 aromatic rings. The lowest BCUT2D eigenvalue weighted by atomic mass is 9.61. The first-order valence-corrected chi connectivity index (χ1v) is 18.5. The van der Waals surface area contributed by atoms with Gasteiger partial charge < -0.3 is 14.7 Å². The number of sulfonamides is 1. The highest BCUT2D eigenvalue weighted by Gasteiger charge is 2.48. The first-order valence-electron chi connectivity index (χ1n) is 16.5. The van der Waals surface area contributed by atoms with Crippen molar-refractivity contribution in [1.29, 1.82) is 0 Å². The second kappa shape index (κ2) is 13.5. The minimum atomic E-state index is -3.95. The number of halogens is 1. The van der Waals surface area contributed by atoms with Crippen LogP contribution in [0.1, 0.15) is 85.8 Å². The SMILES string of the molecule is C[C@@H]1[C@@H](C)CCC[C@@](O)(c2cccnc2)[C@@H]2CC[C@H]2CN2CCCCc3cc(Cl)ccc3COc3ccc(cc32)C(=O)NS1(=O)=O. The van der Waals surface area contributed by atoms with Crippen LogP contribution in [0.2, 0.25) is 5.02 Å². The third kappa shape index (κ3) is 6.78. The predicted octanol–water partition coefficient (Wildman–Crippen LogP) is 6.64. The molecule has 0 radical (unpaired) electrons. The van der Waals surface area contributed by atoms with E-state index in [4.69, 9.17) is 16.3 Å². The van der Waals surface area contributed by atoms with Crippen LogP contribution in [-0.2, 0) is 28.7 Å². The minimum Gasteiger partial charge on any atom is -0.487 e. The van der Waals surface area contributed by atoms with Gasteiger partial charge in [-0.2, -0.15) is 0 Å². The molecule has 0 spiro atoms. The molecule has 1 fully saturated rings. The molecule has 10 heteroatoms. The molecule has 1 aliphatic carbocycles. The molecule has 246 valence electrons. The summed E-state index contributed by atoms with van der Waals surface area (Å²) in [7, 11) is -3.95. The Kier molecular flexibility index (Phi) is 9.65. The average Bonchev–Trinajstić information content (AvgIpc) is 3.05. The summed E-state index contributed by atoms with van der Waals surface area (Å²) in [5.74, 6) is -0.00946. The molecular formula is C36H44ClN3O5S. The lowest BCUT2D eigenvalue weighted by molar-refractivity contribution is -0.0951. The number of fused-ring (bicyclic) bond motifs is 3. The van der Waals surface area contributed by atoms with Crippen LogP contribution >= 0.6 is 11.6 Å². The smallest absolute Gasteiger partial charge is 0.264 e. The van der Waals surface area contributed by atoms with Gasteiger partial charge in [-0.25, -0.2) is 13.1 Å². The number of amides is 1. The molecule has 0 saturated heterocycles. The molecule has 6 rings (SSSR count). The van der Waals surface area contributed by atoms with Gasteiger partial charge in [0.2, 0.25) is 10.0 Å². The highest BCUT2D eigenvalue weighted by atomic mass is 35.5. The quantitative estimate of drug-likeness (QED) is 0.300. The minimum absolute atomic E-state index is 0.0153. The van der Waals surface area contributed by atoms with Crippen molar-refractivity contribution in [3.05, 3.63) is 88.2 Å². The standard InChI is InChI=1S/C36H44ClN3O5S/c1-24-7-5-16-36(42,30-9-6-17-38-21-30)32-14-11-28(32)22-40-18-4-3-8-26-19-31(37)13-10-29(26)23-45-34-15-12-27(20-33(34)40)35(41)39-46(43,44)25(24)2/h6,9-10,12-13,15,17,19-21,24-25,28,32,42H,3-5,7-8,11,14,16,18,22-23H2,1-2H3,(H,39,41)/t24-,25+,28-,32+,36+/m0/s1. The molecule has 46 heavy (non-hydrogen) atoms. The Hall–Kier alpha value is -3.14. The normalized spacial score (nSPS) is 28.7. The van der Waals surface area contributed by atoms with Gasteiger partial charge >= 0.3 is 0 Å². The number of aryl methyl sites for hydroxylation is 1. The molecule has 1 saturated carbocycles. The lowest BCUT2D eigenvalue weighted by Gasteiger charge is -2.49. The van der Waals surface area contributed by atoms with Crippen molar-refractivity contribution < 1.29 is 23.1 Å². The molecule has 1 amide bonds. The maximum absolute atomic E-state index is 13.5. The fourth-order valence-electron chi connectivity index (χ4n) is 7.46. The number of hydrogen-bond donors (Lipinski definition) is 2. The molecule has 2 N–H and O–H groups in total. The Morgan fingerprint density at radius 3 is 2.65 bits per heavy atom. The summed E-state index contributed by atoms with van der Waals surface area (Å²) < 4.78 is 35.6.